The Morgan fingerprint density at radius 1 is 1.43 bits per heavy atom. The van der Waals surface area contributed by atoms with E-state index in [1.54, 1.807) is 12.4 Å². The van der Waals surface area contributed by atoms with Gasteiger partial charge in [0.05, 0.1) is 6.20 Å². The maximum absolute atomic E-state index is 4.32. The molecule has 1 aromatic rings. The highest BCUT2D eigenvalue weighted by atomic mass is 35.5. The lowest BCUT2D eigenvalue weighted by Gasteiger charge is -2.27. The van der Waals surface area contributed by atoms with Gasteiger partial charge in [-0.2, -0.15) is 0 Å². The van der Waals surface area contributed by atoms with Crippen LogP contribution in [0.5, 0.6) is 0 Å². The van der Waals surface area contributed by atoms with Gasteiger partial charge in [-0.15, -0.1) is 12.4 Å². The van der Waals surface area contributed by atoms with Crippen LogP contribution in [0.4, 0.5) is 5.82 Å². The van der Waals surface area contributed by atoms with E-state index < -0.39 is 0 Å². The van der Waals surface area contributed by atoms with E-state index in [0.29, 0.717) is 12.1 Å². The minimum Gasteiger partial charge on any atom is -0.349 e. The number of hydrogen-bond acceptors (Lipinski definition) is 4. The second-order valence-electron chi connectivity index (χ2n) is 3.71. The average Bonchev–Trinajstić information content (AvgIpc) is 2.80. The van der Waals surface area contributed by atoms with Gasteiger partial charge in [0, 0.05) is 37.6 Å². The molecule has 2 fully saturated rings. The molecule has 76 valence electrons. The van der Waals surface area contributed by atoms with Gasteiger partial charge < -0.3 is 10.2 Å². The first-order valence-corrected chi connectivity index (χ1v) is 4.69. The van der Waals surface area contributed by atoms with Crippen LogP contribution in [0.3, 0.4) is 0 Å². The summed E-state index contributed by atoms with van der Waals surface area (Å²) in [7, 11) is 0. The molecule has 2 unspecified atom stereocenters. The Morgan fingerprint density at radius 2 is 2.36 bits per heavy atom. The van der Waals surface area contributed by atoms with Crippen molar-refractivity contribution in [3.05, 3.63) is 18.6 Å². The Kier molecular flexibility index (Phi) is 2.56. The summed E-state index contributed by atoms with van der Waals surface area (Å²) in [5, 5.41) is 3.47. The lowest BCUT2D eigenvalue weighted by Crippen LogP contribution is -2.44. The van der Waals surface area contributed by atoms with Crippen molar-refractivity contribution in [2.24, 2.45) is 0 Å². The molecule has 2 saturated heterocycles. The van der Waals surface area contributed by atoms with Crippen molar-refractivity contribution < 1.29 is 0 Å². The molecule has 2 aliphatic heterocycles. The standard InChI is InChI=1S/C9H12N4.ClH/c1-2-11-9(5-10-1)13-6-7-3-8(13)4-12-7;/h1-2,5,7-8,12H,3-4,6H2;1H. The van der Waals surface area contributed by atoms with Crippen molar-refractivity contribution in [2.75, 3.05) is 18.0 Å². The van der Waals surface area contributed by atoms with E-state index in [4.69, 9.17) is 0 Å². The summed E-state index contributed by atoms with van der Waals surface area (Å²) >= 11 is 0. The monoisotopic (exact) mass is 212 g/mol. The predicted octanol–water partition coefficient (Wildman–Crippen LogP) is 0.449. The molecular formula is C9H13ClN4. The van der Waals surface area contributed by atoms with Crippen LogP contribution >= 0.6 is 12.4 Å². The van der Waals surface area contributed by atoms with E-state index in [2.05, 4.69) is 20.2 Å². The van der Waals surface area contributed by atoms with Crippen molar-refractivity contribution >= 4 is 18.2 Å². The van der Waals surface area contributed by atoms with Gasteiger partial charge in [0.15, 0.2) is 0 Å². The Labute approximate surface area is 89.1 Å². The number of anilines is 1. The van der Waals surface area contributed by atoms with Crippen LogP contribution in [0.25, 0.3) is 0 Å². The third-order valence-corrected chi connectivity index (χ3v) is 2.90. The Hall–Kier alpha value is -0.870. The zero-order valence-corrected chi connectivity index (χ0v) is 8.57. The van der Waals surface area contributed by atoms with Crippen molar-refractivity contribution in [3.8, 4) is 0 Å². The molecular weight excluding hydrogens is 200 g/mol. The van der Waals surface area contributed by atoms with Crippen molar-refractivity contribution in [1.82, 2.24) is 15.3 Å². The SMILES string of the molecule is Cl.c1cnc(N2CC3CC2CN3)cn1. The number of fused-ring (bicyclic) bond motifs is 2. The maximum atomic E-state index is 4.32. The van der Waals surface area contributed by atoms with Crippen molar-refractivity contribution in [2.45, 2.75) is 18.5 Å². The molecule has 0 aromatic carbocycles. The highest BCUT2D eigenvalue weighted by Gasteiger charge is 2.38. The van der Waals surface area contributed by atoms with E-state index in [1.807, 2.05) is 6.20 Å². The molecule has 3 rings (SSSR count). The fraction of sp³-hybridized carbons (Fsp3) is 0.556. The van der Waals surface area contributed by atoms with E-state index in [1.165, 1.54) is 6.42 Å². The zero-order valence-electron chi connectivity index (χ0n) is 7.76. The van der Waals surface area contributed by atoms with Crippen LogP contribution < -0.4 is 10.2 Å². The molecule has 0 saturated carbocycles. The summed E-state index contributed by atoms with van der Waals surface area (Å²) in [6.07, 6.45) is 6.59. The second-order valence-corrected chi connectivity index (χ2v) is 3.71. The molecule has 0 aliphatic carbocycles. The third-order valence-electron chi connectivity index (χ3n) is 2.90. The van der Waals surface area contributed by atoms with E-state index in [0.717, 1.165) is 18.9 Å². The van der Waals surface area contributed by atoms with Gasteiger partial charge in [-0.25, -0.2) is 4.98 Å². The van der Waals surface area contributed by atoms with Gasteiger partial charge >= 0.3 is 0 Å². The summed E-state index contributed by atoms with van der Waals surface area (Å²) in [5.74, 6) is 1.02. The van der Waals surface area contributed by atoms with Crippen LogP contribution in [0, 0.1) is 0 Å². The Morgan fingerprint density at radius 3 is 2.93 bits per heavy atom. The predicted molar refractivity (Wildman–Crippen MR) is 56.8 cm³/mol. The molecule has 14 heavy (non-hydrogen) atoms. The van der Waals surface area contributed by atoms with Crippen LogP contribution in [0.2, 0.25) is 0 Å². The fourth-order valence-electron chi connectivity index (χ4n) is 2.28. The van der Waals surface area contributed by atoms with Crippen LogP contribution in [-0.2, 0) is 0 Å². The number of nitrogens with zero attached hydrogens (tertiary/aromatic N) is 3. The minimum absolute atomic E-state index is 0. The third kappa shape index (κ3) is 1.44. The fourth-order valence-corrected chi connectivity index (χ4v) is 2.28. The summed E-state index contributed by atoms with van der Waals surface area (Å²) in [6, 6.07) is 1.31. The molecule has 2 bridgehead atoms. The minimum atomic E-state index is 0. The molecule has 2 atom stereocenters. The zero-order chi connectivity index (χ0) is 8.67. The first-order chi connectivity index (χ1) is 6.43. The summed E-state index contributed by atoms with van der Waals surface area (Å²) < 4.78 is 0. The first-order valence-electron chi connectivity index (χ1n) is 4.69. The van der Waals surface area contributed by atoms with E-state index in [9.17, 15) is 0 Å². The van der Waals surface area contributed by atoms with Crippen molar-refractivity contribution in [1.29, 1.82) is 0 Å². The number of nitrogens with one attached hydrogen (secondary N) is 1. The van der Waals surface area contributed by atoms with Gasteiger partial charge in [0.2, 0.25) is 0 Å². The number of aromatic nitrogens is 2. The Bertz CT molecular complexity index is 305. The smallest absolute Gasteiger partial charge is 0.147 e. The number of piperazine rings is 1. The largest absolute Gasteiger partial charge is 0.349 e. The molecule has 5 heteroatoms. The highest BCUT2D eigenvalue weighted by Crippen LogP contribution is 2.26. The molecule has 0 amide bonds. The van der Waals surface area contributed by atoms with Gasteiger partial charge in [-0.1, -0.05) is 0 Å². The van der Waals surface area contributed by atoms with Crippen molar-refractivity contribution in [3.63, 3.8) is 0 Å². The first kappa shape index (κ1) is 9.68. The van der Waals surface area contributed by atoms with Gasteiger partial charge in [-0.05, 0) is 6.42 Å². The van der Waals surface area contributed by atoms with Gasteiger partial charge in [-0.3, -0.25) is 4.98 Å². The van der Waals surface area contributed by atoms with Crippen LogP contribution in [0.1, 0.15) is 6.42 Å². The highest BCUT2D eigenvalue weighted by molar-refractivity contribution is 5.85. The normalized spacial score (nSPS) is 29.0. The van der Waals surface area contributed by atoms with E-state index >= 15 is 0 Å². The van der Waals surface area contributed by atoms with E-state index in [-0.39, 0.29) is 12.4 Å². The average molecular weight is 213 g/mol. The molecule has 2 aliphatic rings. The Balaban J connectivity index is 0.000000750. The van der Waals surface area contributed by atoms with Crippen LogP contribution in [0.15, 0.2) is 18.6 Å². The summed E-state index contributed by atoms with van der Waals surface area (Å²) in [4.78, 5) is 10.8. The maximum Gasteiger partial charge on any atom is 0.147 e. The van der Waals surface area contributed by atoms with Gasteiger partial charge in [0.1, 0.15) is 5.82 Å². The molecule has 0 spiro atoms. The molecule has 1 N–H and O–H groups in total. The van der Waals surface area contributed by atoms with Gasteiger partial charge in [0.25, 0.3) is 0 Å². The molecule has 0 radical (unpaired) electrons. The molecule has 3 heterocycles. The lowest BCUT2D eigenvalue weighted by atomic mass is 10.2. The molecule has 1 aromatic heterocycles. The summed E-state index contributed by atoms with van der Waals surface area (Å²) in [6.45, 7) is 2.19. The number of hydrogen-bond donors (Lipinski definition) is 1. The lowest BCUT2D eigenvalue weighted by molar-refractivity contribution is 0.576. The summed E-state index contributed by atoms with van der Waals surface area (Å²) in [5.41, 5.74) is 0. The molecule has 4 nitrogen and oxygen atoms in total. The topological polar surface area (TPSA) is 41.1 Å². The second kappa shape index (κ2) is 3.71. The number of halogens is 1. The number of rotatable bonds is 1. The quantitative estimate of drug-likeness (QED) is 0.734. The van der Waals surface area contributed by atoms with Crippen LogP contribution in [-0.4, -0.2) is 35.1 Å².